The van der Waals surface area contributed by atoms with Crippen LogP contribution in [0.4, 0.5) is 0 Å². The minimum Gasteiger partial charge on any atom is -0.301 e. The third-order valence-electron chi connectivity index (χ3n) is 6.42. The summed E-state index contributed by atoms with van der Waals surface area (Å²) in [6.07, 6.45) is 14.7. The van der Waals surface area contributed by atoms with Gasteiger partial charge in [0, 0.05) is 12.6 Å². The van der Waals surface area contributed by atoms with Crippen molar-refractivity contribution in [3.63, 3.8) is 0 Å². The number of aromatic nitrogens is 3. The van der Waals surface area contributed by atoms with Gasteiger partial charge in [0.2, 0.25) is 0 Å². The molecular formula is C18H32N4. The van der Waals surface area contributed by atoms with Crippen molar-refractivity contribution in [1.29, 1.82) is 0 Å². The Morgan fingerprint density at radius 3 is 2.50 bits per heavy atom. The first-order valence-corrected chi connectivity index (χ1v) is 9.30. The fourth-order valence-electron chi connectivity index (χ4n) is 4.72. The molecule has 1 aliphatic carbocycles. The summed E-state index contributed by atoms with van der Waals surface area (Å²) in [7, 11) is 0. The standard InChI is InChI=1S/C18H32N4/c1-3-16(2)21-11-9-18(10-12-21,13-22-15-19-14-20-22)17-7-5-4-6-8-17/h14-17H,3-13H2,1-2H3. The zero-order valence-corrected chi connectivity index (χ0v) is 14.4. The summed E-state index contributed by atoms with van der Waals surface area (Å²) in [5.41, 5.74) is 0.456. The molecule has 1 saturated carbocycles. The van der Waals surface area contributed by atoms with Crippen LogP contribution in [0, 0.1) is 11.3 Å². The van der Waals surface area contributed by atoms with E-state index in [1.165, 1.54) is 64.5 Å². The van der Waals surface area contributed by atoms with Crippen molar-refractivity contribution in [2.45, 2.75) is 77.8 Å². The Labute approximate surface area is 135 Å². The van der Waals surface area contributed by atoms with Crippen LogP contribution in [-0.4, -0.2) is 38.8 Å². The van der Waals surface area contributed by atoms with Crippen LogP contribution in [0.2, 0.25) is 0 Å². The smallest absolute Gasteiger partial charge is 0.137 e. The zero-order chi connectivity index (χ0) is 15.4. The molecule has 0 bridgehead atoms. The normalized spacial score (nSPS) is 25.2. The molecule has 1 atom stereocenters. The van der Waals surface area contributed by atoms with Crippen LogP contribution in [0.25, 0.3) is 0 Å². The van der Waals surface area contributed by atoms with E-state index in [1.807, 2.05) is 6.33 Å². The summed E-state index contributed by atoms with van der Waals surface area (Å²) in [5.74, 6) is 0.893. The van der Waals surface area contributed by atoms with Crippen molar-refractivity contribution in [2.24, 2.45) is 11.3 Å². The van der Waals surface area contributed by atoms with Gasteiger partial charge >= 0.3 is 0 Å². The number of hydrogen-bond donors (Lipinski definition) is 0. The Hall–Kier alpha value is -0.900. The van der Waals surface area contributed by atoms with Gasteiger partial charge in [0.25, 0.3) is 0 Å². The van der Waals surface area contributed by atoms with Gasteiger partial charge in [-0.25, -0.2) is 4.98 Å². The number of piperidine rings is 1. The molecular weight excluding hydrogens is 272 g/mol. The van der Waals surface area contributed by atoms with Crippen molar-refractivity contribution in [1.82, 2.24) is 19.7 Å². The quantitative estimate of drug-likeness (QED) is 0.831. The van der Waals surface area contributed by atoms with Gasteiger partial charge in [-0.1, -0.05) is 26.2 Å². The molecule has 0 N–H and O–H groups in total. The molecule has 22 heavy (non-hydrogen) atoms. The van der Waals surface area contributed by atoms with E-state index in [1.54, 1.807) is 6.33 Å². The van der Waals surface area contributed by atoms with Crippen LogP contribution in [0.3, 0.4) is 0 Å². The monoisotopic (exact) mass is 304 g/mol. The third kappa shape index (κ3) is 3.37. The Balaban J connectivity index is 1.72. The molecule has 1 aliphatic heterocycles. The highest BCUT2D eigenvalue weighted by Crippen LogP contribution is 2.47. The van der Waals surface area contributed by atoms with Crippen LogP contribution < -0.4 is 0 Å². The maximum absolute atomic E-state index is 4.41. The molecule has 4 heteroatoms. The molecule has 1 aromatic rings. The highest BCUT2D eigenvalue weighted by Gasteiger charge is 2.42. The number of hydrogen-bond acceptors (Lipinski definition) is 3. The van der Waals surface area contributed by atoms with Crippen LogP contribution >= 0.6 is 0 Å². The van der Waals surface area contributed by atoms with Crippen molar-refractivity contribution in [3.05, 3.63) is 12.7 Å². The second-order valence-corrected chi connectivity index (χ2v) is 7.58. The molecule has 124 valence electrons. The lowest BCUT2D eigenvalue weighted by Crippen LogP contribution is -2.49. The van der Waals surface area contributed by atoms with Crippen LogP contribution in [0.5, 0.6) is 0 Å². The minimum absolute atomic E-state index is 0.456. The number of nitrogens with zero attached hydrogens (tertiary/aromatic N) is 4. The summed E-state index contributed by atoms with van der Waals surface area (Å²) in [6, 6.07) is 0.732. The topological polar surface area (TPSA) is 34.0 Å². The Bertz CT molecular complexity index is 428. The lowest BCUT2D eigenvalue weighted by Gasteiger charge is -2.49. The van der Waals surface area contributed by atoms with E-state index < -0.39 is 0 Å². The molecule has 3 rings (SSSR count). The summed E-state index contributed by atoms with van der Waals surface area (Å²) in [4.78, 5) is 6.86. The molecule has 1 saturated heterocycles. The highest BCUT2D eigenvalue weighted by atomic mass is 15.3. The molecule has 2 heterocycles. The summed E-state index contributed by atoms with van der Waals surface area (Å²) >= 11 is 0. The van der Waals surface area contributed by atoms with Gasteiger partial charge in [-0.15, -0.1) is 0 Å². The molecule has 4 nitrogen and oxygen atoms in total. The van der Waals surface area contributed by atoms with E-state index in [9.17, 15) is 0 Å². The SMILES string of the molecule is CCC(C)N1CCC(Cn2cncn2)(C2CCCCC2)CC1. The predicted octanol–water partition coefficient (Wildman–Crippen LogP) is 3.74. The molecule has 0 spiro atoms. The average Bonchev–Trinajstić information content (AvgIpc) is 3.08. The first-order chi connectivity index (χ1) is 10.7. The van der Waals surface area contributed by atoms with E-state index in [0.717, 1.165) is 18.5 Å². The molecule has 1 aromatic heterocycles. The first-order valence-electron chi connectivity index (χ1n) is 9.30. The molecule has 0 amide bonds. The molecule has 2 aliphatic rings. The minimum atomic E-state index is 0.456. The van der Waals surface area contributed by atoms with E-state index in [0.29, 0.717) is 5.41 Å². The van der Waals surface area contributed by atoms with Crippen molar-refractivity contribution >= 4 is 0 Å². The van der Waals surface area contributed by atoms with Crippen molar-refractivity contribution in [2.75, 3.05) is 13.1 Å². The van der Waals surface area contributed by atoms with Gasteiger partial charge in [0.05, 0.1) is 0 Å². The summed E-state index contributed by atoms with van der Waals surface area (Å²) in [6.45, 7) is 8.29. The zero-order valence-electron chi connectivity index (χ0n) is 14.4. The third-order valence-corrected chi connectivity index (χ3v) is 6.42. The van der Waals surface area contributed by atoms with Crippen LogP contribution in [-0.2, 0) is 6.54 Å². The van der Waals surface area contributed by atoms with E-state index in [4.69, 9.17) is 0 Å². The van der Waals surface area contributed by atoms with Crippen molar-refractivity contribution < 1.29 is 0 Å². The largest absolute Gasteiger partial charge is 0.301 e. The van der Waals surface area contributed by atoms with Gasteiger partial charge in [-0.05, 0) is 63.5 Å². The molecule has 0 aromatic carbocycles. The van der Waals surface area contributed by atoms with Gasteiger partial charge in [0.15, 0.2) is 0 Å². The maximum Gasteiger partial charge on any atom is 0.137 e. The lowest BCUT2D eigenvalue weighted by atomic mass is 9.63. The van der Waals surface area contributed by atoms with Crippen LogP contribution in [0.15, 0.2) is 12.7 Å². The van der Waals surface area contributed by atoms with Gasteiger partial charge in [-0.3, -0.25) is 4.68 Å². The van der Waals surface area contributed by atoms with Gasteiger partial charge in [0.1, 0.15) is 12.7 Å². The van der Waals surface area contributed by atoms with Gasteiger partial charge in [-0.2, -0.15) is 5.10 Å². The summed E-state index contributed by atoms with van der Waals surface area (Å²) in [5, 5.41) is 4.41. The number of likely N-dealkylation sites (tertiary alicyclic amines) is 1. The van der Waals surface area contributed by atoms with Crippen LogP contribution in [0.1, 0.15) is 65.2 Å². The molecule has 1 unspecified atom stereocenters. The Morgan fingerprint density at radius 1 is 1.18 bits per heavy atom. The van der Waals surface area contributed by atoms with E-state index in [2.05, 4.69) is 33.5 Å². The second kappa shape index (κ2) is 7.12. The highest BCUT2D eigenvalue weighted by molar-refractivity contribution is 4.93. The molecule has 0 radical (unpaired) electrons. The average molecular weight is 304 g/mol. The Morgan fingerprint density at radius 2 is 1.91 bits per heavy atom. The summed E-state index contributed by atoms with van der Waals surface area (Å²) < 4.78 is 2.09. The number of rotatable bonds is 5. The van der Waals surface area contributed by atoms with E-state index >= 15 is 0 Å². The molecule has 2 fully saturated rings. The maximum atomic E-state index is 4.41. The van der Waals surface area contributed by atoms with Crippen molar-refractivity contribution in [3.8, 4) is 0 Å². The first kappa shape index (κ1) is 16.0. The second-order valence-electron chi connectivity index (χ2n) is 7.58. The Kier molecular flexibility index (Phi) is 5.17. The fourth-order valence-corrected chi connectivity index (χ4v) is 4.72. The lowest BCUT2D eigenvalue weighted by molar-refractivity contribution is -0.000271. The fraction of sp³-hybridized carbons (Fsp3) is 0.889. The predicted molar refractivity (Wildman–Crippen MR) is 89.6 cm³/mol. The van der Waals surface area contributed by atoms with Gasteiger partial charge < -0.3 is 4.90 Å². The van der Waals surface area contributed by atoms with E-state index in [-0.39, 0.29) is 0 Å².